The predicted molar refractivity (Wildman–Crippen MR) is 94.3 cm³/mol. The van der Waals surface area contributed by atoms with Crippen molar-refractivity contribution >= 4 is 32.3 Å². The van der Waals surface area contributed by atoms with Gasteiger partial charge in [-0.25, -0.2) is 22.0 Å². The summed E-state index contributed by atoms with van der Waals surface area (Å²) >= 11 is -0.223. The van der Waals surface area contributed by atoms with Crippen LogP contribution in [0.15, 0.2) is 23.2 Å². The molecule has 11 heteroatoms. The zero-order valence-corrected chi connectivity index (χ0v) is 17.4. The van der Waals surface area contributed by atoms with Crippen LogP contribution in [0, 0.1) is 29.1 Å². The van der Waals surface area contributed by atoms with Crippen LogP contribution >= 0.6 is 0 Å². The van der Waals surface area contributed by atoms with Crippen molar-refractivity contribution in [3.05, 3.63) is 52.3 Å². The van der Waals surface area contributed by atoms with Crippen molar-refractivity contribution in [3.63, 3.8) is 0 Å². The number of hydrogen-bond donors (Lipinski definition) is 0. The van der Waals surface area contributed by atoms with Gasteiger partial charge < -0.3 is 14.7 Å². The van der Waals surface area contributed by atoms with Crippen LogP contribution in [0.25, 0.3) is 0 Å². The second-order valence-electron chi connectivity index (χ2n) is 7.08. The molecule has 1 aliphatic carbocycles. The molecule has 0 atom stereocenters. The van der Waals surface area contributed by atoms with Crippen LogP contribution in [-0.2, 0) is 9.59 Å². The fourth-order valence-corrected chi connectivity index (χ4v) is 3.43. The molecule has 1 aromatic rings. The SMILES string of the molecule is Fc1c(F)c(F)[c]([AlH2])c(F)c1F.O=C1C=C(N2CC2)C(=O)C(N2CC2)=C1N1CC1. The van der Waals surface area contributed by atoms with Gasteiger partial charge in [0.15, 0.2) is 29.1 Å². The third kappa shape index (κ3) is 3.65. The molecule has 29 heavy (non-hydrogen) atoms. The number of Topliss-reactive ketones (excluding diaryl/α,β-unsaturated/α-hetero) is 1. The number of nitrogens with zero attached hydrogens (tertiary/aromatic N) is 3. The summed E-state index contributed by atoms with van der Waals surface area (Å²) in [5.41, 5.74) is 1.89. The summed E-state index contributed by atoms with van der Waals surface area (Å²) in [6.07, 6.45) is 1.52. The van der Waals surface area contributed by atoms with E-state index in [1.54, 1.807) is 0 Å². The molecule has 5 nitrogen and oxygen atoms in total. The van der Waals surface area contributed by atoms with Crippen molar-refractivity contribution in [1.82, 2.24) is 14.7 Å². The standard InChI is InChI=1S/C12H13N3O2.C6F5.Al.2H/c16-9-7-8(13-1-2-13)12(17)11(15-5-6-15)10(9)14-3-4-14;7-2-1-3(8)5(10)6(11)4(2)9;;;/h7H,1-6H2;;;;. The lowest BCUT2D eigenvalue weighted by molar-refractivity contribution is -0.117. The van der Waals surface area contributed by atoms with Crippen molar-refractivity contribution in [2.75, 3.05) is 39.3 Å². The van der Waals surface area contributed by atoms with Gasteiger partial charge in [-0.15, -0.1) is 0 Å². The van der Waals surface area contributed by atoms with E-state index in [1.165, 1.54) is 6.08 Å². The van der Waals surface area contributed by atoms with E-state index in [1.807, 2.05) is 14.7 Å². The minimum atomic E-state index is -2.11. The van der Waals surface area contributed by atoms with Gasteiger partial charge >= 0.3 is 0 Å². The normalized spacial score (nSPS) is 19.9. The van der Waals surface area contributed by atoms with Crippen molar-refractivity contribution in [2.24, 2.45) is 0 Å². The molecule has 0 unspecified atom stereocenters. The fraction of sp³-hybridized carbons (Fsp3) is 0.333. The van der Waals surface area contributed by atoms with E-state index < -0.39 is 33.5 Å². The van der Waals surface area contributed by atoms with E-state index in [0.717, 1.165) is 39.3 Å². The molecule has 3 heterocycles. The van der Waals surface area contributed by atoms with Gasteiger partial charge in [-0.05, 0) is 4.43 Å². The van der Waals surface area contributed by atoms with E-state index in [0.29, 0.717) is 17.1 Å². The Balaban J connectivity index is 0.000000152. The van der Waals surface area contributed by atoms with Gasteiger partial charge in [0.2, 0.25) is 11.6 Å². The third-order valence-electron chi connectivity index (χ3n) is 4.92. The summed E-state index contributed by atoms with van der Waals surface area (Å²) in [4.78, 5) is 30.5. The molecular formula is C18H15AlF5N3O2. The first-order valence-corrected chi connectivity index (χ1v) is 10.00. The van der Waals surface area contributed by atoms with Gasteiger partial charge in [0, 0.05) is 45.3 Å². The minimum Gasteiger partial charge on any atom is -0.365 e. The van der Waals surface area contributed by atoms with Crippen LogP contribution in [0.5, 0.6) is 0 Å². The highest BCUT2D eigenvalue weighted by atomic mass is 27.0. The molecule has 0 N–H and O–H groups in total. The highest BCUT2D eigenvalue weighted by molar-refractivity contribution is 6.32. The minimum absolute atomic E-state index is 0.00546. The number of carbonyl (C=O) groups excluding carboxylic acids is 2. The first-order valence-electron chi connectivity index (χ1n) is 9.00. The van der Waals surface area contributed by atoms with Crippen molar-refractivity contribution in [2.45, 2.75) is 0 Å². The number of allylic oxidation sites excluding steroid dienone is 1. The maximum absolute atomic E-state index is 12.4. The largest absolute Gasteiger partial charge is 0.365 e. The van der Waals surface area contributed by atoms with E-state index in [9.17, 15) is 31.5 Å². The molecule has 152 valence electrons. The Morgan fingerprint density at radius 1 is 0.655 bits per heavy atom. The Kier molecular flexibility index (Phi) is 4.91. The second-order valence-corrected chi connectivity index (χ2v) is 8.08. The van der Waals surface area contributed by atoms with Gasteiger partial charge in [0.05, 0.1) is 5.70 Å². The number of rotatable bonds is 3. The average molecular weight is 427 g/mol. The predicted octanol–water partition coefficient (Wildman–Crippen LogP) is -0.179. The Morgan fingerprint density at radius 3 is 1.52 bits per heavy atom. The molecule has 0 aromatic heterocycles. The molecule has 1 aromatic carbocycles. The zero-order chi connectivity index (χ0) is 21.0. The Morgan fingerprint density at radius 2 is 1.07 bits per heavy atom. The number of hydrogen-bond acceptors (Lipinski definition) is 5. The smallest absolute Gasteiger partial charge is 0.268 e. The number of ketones is 2. The summed E-state index contributed by atoms with van der Waals surface area (Å²) in [5, 5.41) is 0. The van der Waals surface area contributed by atoms with Gasteiger partial charge in [-0.3, -0.25) is 9.59 Å². The quantitative estimate of drug-likeness (QED) is 0.167. The first kappa shape index (κ1) is 19.9. The monoisotopic (exact) mass is 427 g/mol. The third-order valence-corrected chi connectivity index (χ3v) is 5.80. The maximum atomic E-state index is 12.4. The second kappa shape index (κ2) is 7.15. The summed E-state index contributed by atoms with van der Waals surface area (Å²) in [5.74, 6) is -9.26. The molecule has 3 saturated heterocycles. The molecule has 3 aliphatic heterocycles. The summed E-state index contributed by atoms with van der Waals surface area (Å²) < 4.78 is 61.0. The molecule has 3 fully saturated rings. The lowest BCUT2D eigenvalue weighted by Crippen LogP contribution is -2.29. The highest BCUT2D eigenvalue weighted by Crippen LogP contribution is 2.33. The van der Waals surface area contributed by atoms with Crippen LogP contribution in [-0.4, -0.2) is 81.8 Å². The van der Waals surface area contributed by atoms with Gasteiger partial charge in [-0.2, -0.15) is 0 Å². The molecule has 0 spiro atoms. The van der Waals surface area contributed by atoms with Crippen LogP contribution in [0.2, 0.25) is 0 Å². The summed E-state index contributed by atoms with van der Waals surface area (Å²) in [7, 11) is 0. The van der Waals surface area contributed by atoms with Crippen molar-refractivity contribution < 1.29 is 31.5 Å². The van der Waals surface area contributed by atoms with Gasteiger partial charge in [0.1, 0.15) is 11.4 Å². The van der Waals surface area contributed by atoms with E-state index >= 15 is 0 Å². The average Bonchev–Trinajstić information content (AvgIpc) is 3.56. The molecule has 5 rings (SSSR count). The van der Waals surface area contributed by atoms with Crippen molar-refractivity contribution in [3.8, 4) is 0 Å². The number of halogens is 5. The highest BCUT2D eigenvalue weighted by Gasteiger charge is 2.43. The number of carbonyl (C=O) groups is 2. The lowest BCUT2D eigenvalue weighted by Gasteiger charge is -2.21. The number of benzene rings is 1. The van der Waals surface area contributed by atoms with E-state index in [4.69, 9.17) is 0 Å². The van der Waals surface area contributed by atoms with E-state index in [-0.39, 0.29) is 27.9 Å². The Hall–Kier alpha value is -2.38. The van der Waals surface area contributed by atoms with Gasteiger partial charge in [-0.1, -0.05) is 0 Å². The van der Waals surface area contributed by atoms with Crippen LogP contribution in [0.1, 0.15) is 0 Å². The molecule has 0 amide bonds. The van der Waals surface area contributed by atoms with Crippen molar-refractivity contribution in [1.29, 1.82) is 0 Å². The zero-order valence-electron chi connectivity index (χ0n) is 15.4. The van der Waals surface area contributed by atoms with Gasteiger partial charge in [0.25, 0.3) is 16.3 Å². The molecule has 4 aliphatic rings. The fourth-order valence-electron chi connectivity index (χ4n) is 2.99. The van der Waals surface area contributed by atoms with E-state index in [2.05, 4.69) is 0 Å². The molecule has 0 bridgehead atoms. The summed E-state index contributed by atoms with van der Waals surface area (Å²) in [6, 6.07) is 0. The van der Waals surface area contributed by atoms with Crippen LogP contribution in [0.3, 0.4) is 0 Å². The maximum Gasteiger partial charge on any atom is 0.268 e. The first-order chi connectivity index (χ1) is 13.7. The molecular weight excluding hydrogens is 412 g/mol. The Bertz CT molecular complexity index is 893. The molecule has 0 radical (unpaired) electrons. The lowest BCUT2D eigenvalue weighted by atomic mass is 10.0. The van der Waals surface area contributed by atoms with Crippen LogP contribution < -0.4 is 4.43 Å². The summed E-state index contributed by atoms with van der Waals surface area (Å²) in [6.45, 7) is 5.41. The van der Waals surface area contributed by atoms with Crippen LogP contribution in [0.4, 0.5) is 22.0 Å². The Labute approximate surface area is 170 Å². The topological polar surface area (TPSA) is 43.2 Å². The molecule has 0 saturated carbocycles.